The van der Waals surface area contributed by atoms with Gasteiger partial charge in [-0.15, -0.1) is 0 Å². The molecule has 3 heteroatoms. The van der Waals surface area contributed by atoms with Gasteiger partial charge in [-0.1, -0.05) is 58.0 Å². The molecule has 1 aromatic carbocycles. The fraction of sp³-hybridized carbons (Fsp3) is 0.300. The molecule has 70 valence electrons. The first kappa shape index (κ1) is 10.8. The van der Waals surface area contributed by atoms with Crippen molar-refractivity contribution in [3.05, 3.63) is 35.9 Å². The quantitative estimate of drug-likeness (QED) is 0.449. The summed E-state index contributed by atoms with van der Waals surface area (Å²) in [5.41, 5.74) is 1.18. The summed E-state index contributed by atoms with van der Waals surface area (Å²) in [6.07, 6.45) is 0. The molecule has 0 N–H and O–H groups in total. The maximum Gasteiger partial charge on any atom is 0.0984 e. The van der Waals surface area contributed by atoms with Crippen LogP contribution in [-0.4, -0.2) is 16.3 Å². The molecule has 13 heavy (non-hydrogen) atoms. The second kappa shape index (κ2) is 5.45. The van der Waals surface area contributed by atoms with Gasteiger partial charge in [0.25, 0.3) is 0 Å². The Balaban J connectivity index is 2.80. The molecular weight excluding hydrogens is 246 g/mol. The summed E-state index contributed by atoms with van der Waals surface area (Å²) in [6, 6.07) is 10.2. The molecule has 0 saturated heterocycles. The van der Waals surface area contributed by atoms with Crippen LogP contribution in [-0.2, 0) is 0 Å². The first-order valence-corrected chi connectivity index (χ1v) is 5.86. The van der Waals surface area contributed by atoms with E-state index in [9.17, 15) is 0 Å². The van der Waals surface area contributed by atoms with Crippen LogP contribution in [0.2, 0.25) is 0 Å². The lowest BCUT2D eigenvalue weighted by molar-refractivity contribution is 1.43. The zero-order valence-corrected chi connectivity index (χ0v) is 10.1. The van der Waals surface area contributed by atoms with Gasteiger partial charge in [0.1, 0.15) is 0 Å². The lowest BCUT2D eigenvalue weighted by atomic mass is 10.2. The van der Waals surface area contributed by atoms with Gasteiger partial charge in [-0.05, 0) is 6.92 Å². The van der Waals surface area contributed by atoms with Gasteiger partial charge in [-0.25, -0.2) is 0 Å². The molecule has 0 aliphatic carbocycles. The van der Waals surface area contributed by atoms with Gasteiger partial charge in [0.15, 0.2) is 0 Å². The molecule has 1 rings (SSSR count). The molecule has 0 heterocycles. The lowest BCUT2D eigenvalue weighted by Crippen LogP contribution is -1.98. The first-order chi connectivity index (χ1) is 6.24. The Morgan fingerprint density at radius 1 is 1.38 bits per heavy atom. The normalized spacial score (nSPS) is 14.2. The van der Waals surface area contributed by atoms with E-state index >= 15 is 0 Å². The van der Waals surface area contributed by atoms with Crippen LogP contribution in [0.15, 0.2) is 35.3 Å². The van der Waals surface area contributed by atoms with Crippen molar-refractivity contribution < 1.29 is 0 Å². The minimum absolute atomic E-state index is 0.395. The van der Waals surface area contributed by atoms with E-state index in [1.54, 1.807) is 11.8 Å². The van der Waals surface area contributed by atoms with Crippen molar-refractivity contribution in [2.24, 2.45) is 4.99 Å². The van der Waals surface area contributed by atoms with Crippen LogP contribution >= 0.6 is 27.7 Å². The Bertz CT molecular complexity index is 282. The molecule has 0 fully saturated rings. The summed E-state index contributed by atoms with van der Waals surface area (Å²) < 4.78 is 0.395. The van der Waals surface area contributed by atoms with Crippen LogP contribution < -0.4 is 0 Å². The highest BCUT2D eigenvalue weighted by Crippen LogP contribution is 2.22. The lowest BCUT2D eigenvalue weighted by Gasteiger charge is -2.06. The summed E-state index contributed by atoms with van der Waals surface area (Å²) in [6.45, 7) is 2.10. The average molecular weight is 258 g/mol. The fourth-order valence-corrected chi connectivity index (χ4v) is 2.20. The number of thioether (sulfide) groups is 1. The molecule has 1 atom stereocenters. The zero-order valence-electron chi connectivity index (χ0n) is 7.70. The van der Waals surface area contributed by atoms with E-state index in [1.165, 1.54) is 5.56 Å². The standard InChI is InChI=1S/C10H12BrNS/c1-8(11)13-10(12-2)9-6-4-3-5-7-9/h3-8H,1-2H3/b12-10-. The number of hydrogen-bond acceptors (Lipinski definition) is 2. The minimum atomic E-state index is 0.395. The summed E-state index contributed by atoms with van der Waals surface area (Å²) in [5, 5.41) is 1.07. The summed E-state index contributed by atoms with van der Waals surface area (Å²) in [7, 11) is 1.82. The Labute approximate surface area is 91.8 Å². The Morgan fingerprint density at radius 3 is 2.46 bits per heavy atom. The molecule has 1 unspecified atom stereocenters. The zero-order chi connectivity index (χ0) is 9.68. The SMILES string of the molecule is C/N=C(\SC(C)Br)c1ccccc1. The van der Waals surface area contributed by atoms with Crippen molar-refractivity contribution in [1.29, 1.82) is 0 Å². The van der Waals surface area contributed by atoms with Crippen molar-refractivity contribution in [1.82, 2.24) is 0 Å². The van der Waals surface area contributed by atoms with E-state index in [1.807, 2.05) is 25.2 Å². The van der Waals surface area contributed by atoms with Gasteiger partial charge in [-0.3, -0.25) is 4.99 Å². The second-order valence-corrected chi connectivity index (χ2v) is 5.86. The molecule has 0 radical (unpaired) electrons. The van der Waals surface area contributed by atoms with Crippen LogP contribution in [0.25, 0.3) is 0 Å². The Hall–Kier alpha value is -0.280. The smallest absolute Gasteiger partial charge is 0.0984 e. The summed E-state index contributed by atoms with van der Waals surface area (Å²) >= 11 is 5.21. The van der Waals surface area contributed by atoms with Gasteiger partial charge >= 0.3 is 0 Å². The number of halogens is 1. The molecule has 0 amide bonds. The molecule has 0 spiro atoms. The van der Waals surface area contributed by atoms with Crippen LogP contribution in [0.4, 0.5) is 0 Å². The predicted octanol–water partition coefficient (Wildman–Crippen LogP) is 3.54. The third-order valence-electron chi connectivity index (χ3n) is 1.50. The minimum Gasteiger partial charge on any atom is -0.281 e. The van der Waals surface area contributed by atoms with Crippen LogP contribution in [0, 0.1) is 0 Å². The number of alkyl halides is 1. The number of hydrogen-bond donors (Lipinski definition) is 0. The maximum absolute atomic E-state index is 4.25. The van der Waals surface area contributed by atoms with Crippen LogP contribution in [0.5, 0.6) is 0 Å². The van der Waals surface area contributed by atoms with Gasteiger partial charge < -0.3 is 0 Å². The van der Waals surface area contributed by atoms with Crippen molar-refractivity contribution in [3.8, 4) is 0 Å². The van der Waals surface area contributed by atoms with Crippen molar-refractivity contribution >= 4 is 32.7 Å². The largest absolute Gasteiger partial charge is 0.281 e. The number of rotatable bonds is 2. The third-order valence-corrected chi connectivity index (χ3v) is 3.02. The van der Waals surface area contributed by atoms with Gasteiger partial charge in [-0.2, -0.15) is 0 Å². The molecule has 0 aliphatic heterocycles. The highest BCUT2D eigenvalue weighted by Gasteiger charge is 2.05. The molecule has 0 aromatic heterocycles. The number of aliphatic imine (C=N–C) groups is 1. The highest BCUT2D eigenvalue weighted by molar-refractivity contribution is 9.11. The molecular formula is C10H12BrNS. The van der Waals surface area contributed by atoms with Crippen molar-refractivity contribution in [2.75, 3.05) is 7.05 Å². The van der Waals surface area contributed by atoms with Gasteiger partial charge in [0, 0.05) is 12.6 Å². The molecule has 0 bridgehead atoms. The fourth-order valence-electron chi connectivity index (χ4n) is 0.984. The Morgan fingerprint density at radius 2 is 2.00 bits per heavy atom. The topological polar surface area (TPSA) is 12.4 Å². The van der Waals surface area contributed by atoms with E-state index in [2.05, 4.69) is 40.0 Å². The van der Waals surface area contributed by atoms with E-state index in [4.69, 9.17) is 0 Å². The number of nitrogens with zero attached hydrogens (tertiary/aromatic N) is 1. The second-order valence-electron chi connectivity index (χ2n) is 2.56. The molecule has 1 aromatic rings. The first-order valence-electron chi connectivity index (χ1n) is 4.07. The average Bonchev–Trinajstić information content (AvgIpc) is 2.15. The summed E-state index contributed by atoms with van der Waals surface area (Å²) in [5.74, 6) is 0. The van der Waals surface area contributed by atoms with Crippen molar-refractivity contribution in [2.45, 2.75) is 11.1 Å². The van der Waals surface area contributed by atoms with E-state index in [0.29, 0.717) is 4.16 Å². The van der Waals surface area contributed by atoms with E-state index in [0.717, 1.165) is 5.04 Å². The van der Waals surface area contributed by atoms with E-state index in [-0.39, 0.29) is 0 Å². The third kappa shape index (κ3) is 3.53. The maximum atomic E-state index is 4.25. The molecule has 0 aliphatic rings. The van der Waals surface area contributed by atoms with Gasteiger partial charge in [0.2, 0.25) is 0 Å². The van der Waals surface area contributed by atoms with E-state index < -0.39 is 0 Å². The molecule has 1 nitrogen and oxygen atoms in total. The highest BCUT2D eigenvalue weighted by atomic mass is 79.9. The Kier molecular flexibility index (Phi) is 4.53. The number of benzene rings is 1. The van der Waals surface area contributed by atoms with Crippen LogP contribution in [0.3, 0.4) is 0 Å². The van der Waals surface area contributed by atoms with Gasteiger partial charge in [0.05, 0.1) is 9.20 Å². The predicted molar refractivity (Wildman–Crippen MR) is 64.9 cm³/mol. The molecule has 0 saturated carbocycles. The summed E-state index contributed by atoms with van der Waals surface area (Å²) in [4.78, 5) is 4.25. The monoisotopic (exact) mass is 257 g/mol. The van der Waals surface area contributed by atoms with Crippen LogP contribution in [0.1, 0.15) is 12.5 Å². The van der Waals surface area contributed by atoms with Crippen molar-refractivity contribution in [3.63, 3.8) is 0 Å².